The number of nitrogens with zero attached hydrogens (tertiary/aromatic N) is 2. The highest BCUT2D eigenvalue weighted by Gasteiger charge is 2.30. The molecule has 1 aromatic heterocycles. The molecule has 0 radical (unpaired) electrons. The minimum Gasteiger partial charge on any atom is -0.393 e. The fraction of sp³-hybridized carbons (Fsp3) is 0.464. The number of nitrogens with one attached hydrogen (secondary N) is 2. The minimum atomic E-state index is -0.510. The van der Waals surface area contributed by atoms with Gasteiger partial charge in [-0.15, -0.1) is 0 Å². The topological polar surface area (TPSA) is 105 Å². The Bertz CT molecular complexity index is 1390. The number of anilines is 1. The second-order valence-electron chi connectivity index (χ2n) is 10.3. The molecule has 1 saturated carbocycles. The number of hydrogen-bond acceptors (Lipinski definition) is 6. The van der Waals surface area contributed by atoms with Crippen molar-refractivity contribution >= 4 is 22.5 Å². The molecule has 0 spiro atoms. The second kappa shape index (κ2) is 10.2. The number of rotatable bonds is 6. The third-order valence-electron chi connectivity index (χ3n) is 7.49. The van der Waals surface area contributed by atoms with Gasteiger partial charge in [0.2, 0.25) is 0 Å². The zero-order valence-corrected chi connectivity index (χ0v) is 21.4. The number of fused-ring (bicyclic) bond motifs is 1. The van der Waals surface area contributed by atoms with Crippen molar-refractivity contribution in [2.75, 3.05) is 18.5 Å². The molecule has 1 aliphatic heterocycles. The van der Waals surface area contributed by atoms with E-state index in [0.717, 1.165) is 29.8 Å². The van der Waals surface area contributed by atoms with Gasteiger partial charge in [0, 0.05) is 43.5 Å². The van der Waals surface area contributed by atoms with Crippen LogP contribution >= 0.6 is 0 Å². The molecular formula is C28H33FN4O4. The molecule has 0 bridgehead atoms. The van der Waals surface area contributed by atoms with Crippen LogP contribution in [-0.2, 0) is 11.8 Å². The lowest BCUT2D eigenvalue weighted by molar-refractivity contribution is 0.0563. The molecule has 1 atom stereocenters. The highest BCUT2D eigenvalue weighted by atomic mass is 19.1. The largest absolute Gasteiger partial charge is 0.393 e. The van der Waals surface area contributed by atoms with E-state index in [1.807, 2.05) is 26.0 Å². The molecule has 3 aromatic rings. The van der Waals surface area contributed by atoms with Gasteiger partial charge in [-0.25, -0.2) is 9.37 Å². The Morgan fingerprint density at radius 3 is 2.65 bits per heavy atom. The summed E-state index contributed by atoms with van der Waals surface area (Å²) in [4.78, 5) is 31.3. The average molecular weight is 509 g/mol. The predicted octanol–water partition coefficient (Wildman–Crippen LogP) is 3.70. The molecule has 196 valence electrons. The van der Waals surface area contributed by atoms with Gasteiger partial charge in [0.05, 0.1) is 28.6 Å². The number of carbonyl (C=O) groups excluding carboxylic acids is 1. The molecule has 2 fully saturated rings. The van der Waals surface area contributed by atoms with Gasteiger partial charge in [-0.2, -0.15) is 0 Å². The number of aliphatic hydroxyl groups excluding tert-OH is 1. The monoisotopic (exact) mass is 508 g/mol. The quantitative estimate of drug-likeness (QED) is 0.469. The summed E-state index contributed by atoms with van der Waals surface area (Å²) in [7, 11) is 1.77. The highest BCUT2D eigenvalue weighted by molar-refractivity contribution is 6.00. The lowest BCUT2D eigenvalue weighted by atomic mass is 9.89. The molecule has 2 aliphatic rings. The Labute approximate surface area is 214 Å². The van der Waals surface area contributed by atoms with E-state index in [9.17, 15) is 19.1 Å². The van der Waals surface area contributed by atoms with E-state index in [4.69, 9.17) is 9.72 Å². The van der Waals surface area contributed by atoms with Crippen molar-refractivity contribution in [3.8, 4) is 0 Å². The van der Waals surface area contributed by atoms with E-state index >= 15 is 0 Å². The van der Waals surface area contributed by atoms with Gasteiger partial charge >= 0.3 is 0 Å². The van der Waals surface area contributed by atoms with Gasteiger partial charge < -0.3 is 20.5 Å². The molecule has 0 unspecified atom stereocenters. The van der Waals surface area contributed by atoms with Gasteiger partial charge in [-0.3, -0.25) is 14.2 Å². The molecule has 5 rings (SSSR count). The maximum atomic E-state index is 14.1. The predicted molar refractivity (Wildman–Crippen MR) is 139 cm³/mol. The summed E-state index contributed by atoms with van der Waals surface area (Å²) in [6, 6.07) is 7.48. The van der Waals surface area contributed by atoms with Crippen LogP contribution in [-0.4, -0.2) is 45.9 Å². The molecule has 1 amide bonds. The Kier molecular flexibility index (Phi) is 7.00. The van der Waals surface area contributed by atoms with E-state index in [2.05, 4.69) is 10.6 Å². The Hall–Kier alpha value is -3.30. The zero-order valence-electron chi connectivity index (χ0n) is 21.4. The van der Waals surface area contributed by atoms with Crippen molar-refractivity contribution in [3.05, 3.63) is 69.0 Å². The van der Waals surface area contributed by atoms with Crippen molar-refractivity contribution in [3.63, 3.8) is 0 Å². The van der Waals surface area contributed by atoms with Crippen LogP contribution in [0.5, 0.6) is 0 Å². The van der Waals surface area contributed by atoms with Crippen molar-refractivity contribution in [1.82, 2.24) is 14.9 Å². The summed E-state index contributed by atoms with van der Waals surface area (Å²) in [5.41, 5.74) is 2.97. The number of carbonyl (C=O) groups is 1. The molecule has 3 N–H and O–H groups in total. The molecule has 2 aromatic carbocycles. The van der Waals surface area contributed by atoms with E-state index in [1.165, 1.54) is 12.1 Å². The van der Waals surface area contributed by atoms with Crippen molar-refractivity contribution in [2.45, 2.75) is 63.6 Å². The van der Waals surface area contributed by atoms with Gasteiger partial charge in [0.1, 0.15) is 11.6 Å². The number of ether oxygens (including phenoxy) is 1. The Morgan fingerprint density at radius 1 is 1.22 bits per heavy atom. The van der Waals surface area contributed by atoms with Crippen LogP contribution in [0.25, 0.3) is 10.9 Å². The molecule has 1 saturated heterocycles. The van der Waals surface area contributed by atoms with Crippen molar-refractivity contribution in [1.29, 1.82) is 0 Å². The molecule has 37 heavy (non-hydrogen) atoms. The standard InChI is InChI=1S/C28H33FN4O4/c1-15-10-21(25-23(11-15)28(36)33(3)26(32-25)17-6-8-37-9-7-17)16(2)30-24-5-4-18(29)12-22(24)27(35)31-19-13-20(34)14-19/h4-5,10-12,16-17,19-20,30,34H,6-9,13-14H2,1-3H3,(H,31,35)/t16-,19?,20?/m1/s1. The van der Waals surface area contributed by atoms with Crippen molar-refractivity contribution in [2.24, 2.45) is 7.05 Å². The third kappa shape index (κ3) is 5.10. The zero-order chi connectivity index (χ0) is 26.3. The number of aromatic nitrogens is 2. The summed E-state index contributed by atoms with van der Waals surface area (Å²) in [5.74, 6) is -0.00778. The van der Waals surface area contributed by atoms with E-state index in [0.29, 0.717) is 42.6 Å². The summed E-state index contributed by atoms with van der Waals surface area (Å²) in [6.07, 6.45) is 2.20. The van der Waals surface area contributed by atoms with Crippen LogP contribution in [0.15, 0.2) is 35.1 Å². The molecule has 2 heterocycles. The van der Waals surface area contributed by atoms with Crippen LogP contribution in [0.1, 0.15) is 71.9 Å². The first kappa shape index (κ1) is 25.4. The normalized spacial score (nSPS) is 20.9. The van der Waals surface area contributed by atoms with Crippen LogP contribution in [0, 0.1) is 12.7 Å². The van der Waals surface area contributed by atoms with Crippen LogP contribution in [0.3, 0.4) is 0 Å². The first-order chi connectivity index (χ1) is 17.7. The summed E-state index contributed by atoms with van der Waals surface area (Å²) < 4.78 is 21.3. The maximum absolute atomic E-state index is 14.1. The van der Waals surface area contributed by atoms with E-state index in [1.54, 1.807) is 17.7 Å². The third-order valence-corrected chi connectivity index (χ3v) is 7.49. The lowest BCUT2D eigenvalue weighted by Crippen LogP contribution is -2.46. The van der Waals surface area contributed by atoms with Crippen LogP contribution < -0.4 is 16.2 Å². The van der Waals surface area contributed by atoms with E-state index < -0.39 is 17.8 Å². The Balaban J connectivity index is 1.51. The number of benzene rings is 2. The average Bonchev–Trinajstić information content (AvgIpc) is 2.86. The van der Waals surface area contributed by atoms with Crippen molar-refractivity contribution < 1.29 is 19.0 Å². The molecular weight excluding hydrogens is 475 g/mol. The summed E-state index contributed by atoms with van der Waals surface area (Å²) in [6.45, 7) is 5.17. The van der Waals surface area contributed by atoms with Gasteiger partial charge in [0.25, 0.3) is 11.5 Å². The van der Waals surface area contributed by atoms with E-state index in [-0.39, 0.29) is 29.1 Å². The number of halogens is 1. The van der Waals surface area contributed by atoms with Gasteiger partial charge in [0.15, 0.2) is 0 Å². The first-order valence-electron chi connectivity index (χ1n) is 12.8. The highest BCUT2D eigenvalue weighted by Crippen LogP contribution is 2.31. The fourth-order valence-electron chi connectivity index (χ4n) is 5.33. The fourth-order valence-corrected chi connectivity index (χ4v) is 5.33. The Morgan fingerprint density at radius 2 is 1.95 bits per heavy atom. The van der Waals surface area contributed by atoms with Gasteiger partial charge in [-0.1, -0.05) is 6.07 Å². The summed E-state index contributed by atoms with van der Waals surface area (Å²) >= 11 is 0. The number of aryl methyl sites for hydroxylation is 1. The van der Waals surface area contributed by atoms with Crippen LogP contribution in [0.4, 0.5) is 10.1 Å². The summed E-state index contributed by atoms with van der Waals surface area (Å²) in [5, 5.41) is 16.3. The molecule has 1 aliphatic carbocycles. The van der Waals surface area contributed by atoms with Gasteiger partial charge in [-0.05, 0) is 69.4 Å². The molecule has 9 heteroatoms. The second-order valence-corrected chi connectivity index (χ2v) is 10.3. The molecule has 8 nitrogen and oxygen atoms in total. The number of hydrogen-bond donors (Lipinski definition) is 3. The number of aliphatic hydroxyl groups is 1. The minimum absolute atomic E-state index is 0.0897. The lowest BCUT2D eigenvalue weighted by Gasteiger charge is -2.32. The first-order valence-corrected chi connectivity index (χ1v) is 12.8. The SMILES string of the molecule is Cc1cc([C@@H](C)Nc2ccc(F)cc2C(=O)NC2CC(O)C2)c2nc(C3CCOCC3)n(C)c(=O)c2c1. The number of amides is 1. The van der Waals surface area contributed by atoms with Crippen LogP contribution in [0.2, 0.25) is 0 Å². The smallest absolute Gasteiger partial charge is 0.261 e. The maximum Gasteiger partial charge on any atom is 0.261 e.